The minimum absolute atomic E-state index is 0.140. The number of fused-ring (bicyclic) bond motifs is 1. The number of nitrogens with zero attached hydrogens (tertiary/aromatic N) is 1. The number of carbonyl (C=O) groups excluding carboxylic acids is 2. The van der Waals surface area contributed by atoms with Crippen LogP contribution < -0.4 is 14.8 Å². The van der Waals surface area contributed by atoms with E-state index in [0.717, 1.165) is 0 Å². The topological polar surface area (TPSA) is 77.1 Å². The highest BCUT2D eigenvalue weighted by molar-refractivity contribution is 6.36. The number of methoxy groups -OCH3 is 1. The number of hydrogen-bond acceptors (Lipinski definition) is 6. The molecule has 2 aromatic rings. The van der Waals surface area contributed by atoms with Gasteiger partial charge in [0.2, 0.25) is 0 Å². The van der Waals surface area contributed by atoms with Crippen LogP contribution in [0.25, 0.3) is 5.57 Å². The lowest BCUT2D eigenvalue weighted by Gasteiger charge is -2.19. The first kappa shape index (κ1) is 19.9. The summed E-state index contributed by atoms with van der Waals surface area (Å²) in [5.41, 5.74) is 1.38. The lowest BCUT2D eigenvalue weighted by Crippen LogP contribution is -2.33. The molecular weight excluding hydrogens is 391 g/mol. The van der Waals surface area contributed by atoms with E-state index in [1.54, 1.807) is 25.3 Å². The molecule has 8 heteroatoms. The Labute approximate surface area is 173 Å². The van der Waals surface area contributed by atoms with Crippen LogP contribution in [0.3, 0.4) is 0 Å². The van der Waals surface area contributed by atoms with Crippen molar-refractivity contribution in [3.8, 4) is 11.5 Å². The zero-order valence-corrected chi connectivity index (χ0v) is 16.4. The fourth-order valence-electron chi connectivity index (χ4n) is 3.41. The molecule has 0 bridgehead atoms. The second-order valence-electron chi connectivity index (χ2n) is 6.85. The standard InChI is InChI=1S/C22H21FN2O5/c1-28-10-2-9-25-21(26)19(14-3-5-15(23)6-4-14)20(22(25)27)24-16-7-8-17-18(13-16)30-12-11-29-17/h3-8,13,24H,2,9-12H2,1H3. The van der Waals surface area contributed by atoms with Gasteiger partial charge in [-0.15, -0.1) is 0 Å². The number of anilines is 1. The smallest absolute Gasteiger partial charge is 0.278 e. The largest absolute Gasteiger partial charge is 0.486 e. The number of carbonyl (C=O) groups is 2. The maximum Gasteiger partial charge on any atom is 0.278 e. The molecule has 7 nitrogen and oxygen atoms in total. The second kappa shape index (κ2) is 8.54. The molecule has 0 saturated heterocycles. The maximum atomic E-state index is 13.4. The molecule has 1 N–H and O–H groups in total. The predicted molar refractivity (Wildman–Crippen MR) is 108 cm³/mol. The highest BCUT2D eigenvalue weighted by Crippen LogP contribution is 2.35. The molecule has 0 fully saturated rings. The summed E-state index contributed by atoms with van der Waals surface area (Å²) in [6.07, 6.45) is 0.516. The van der Waals surface area contributed by atoms with Crippen molar-refractivity contribution < 1.29 is 28.2 Å². The number of amides is 2. The summed E-state index contributed by atoms with van der Waals surface area (Å²) in [5, 5.41) is 3.06. The van der Waals surface area contributed by atoms with Gasteiger partial charge in [0, 0.05) is 32.0 Å². The molecule has 0 unspecified atom stereocenters. The van der Waals surface area contributed by atoms with E-state index in [1.165, 1.54) is 29.2 Å². The van der Waals surface area contributed by atoms with Crippen LogP contribution in [0, 0.1) is 5.82 Å². The molecule has 0 spiro atoms. The van der Waals surface area contributed by atoms with Gasteiger partial charge in [-0.25, -0.2) is 4.39 Å². The molecule has 0 saturated carbocycles. The first-order valence-electron chi connectivity index (χ1n) is 9.60. The third-order valence-corrected chi connectivity index (χ3v) is 4.84. The van der Waals surface area contributed by atoms with Crippen molar-refractivity contribution in [2.45, 2.75) is 6.42 Å². The predicted octanol–water partition coefficient (Wildman–Crippen LogP) is 2.83. The van der Waals surface area contributed by atoms with Gasteiger partial charge in [0.15, 0.2) is 11.5 Å². The van der Waals surface area contributed by atoms with Gasteiger partial charge in [-0.1, -0.05) is 12.1 Å². The van der Waals surface area contributed by atoms with E-state index < -0.39 is 17.6 Å². The van der Waals surface area contributed by atoms with Crippen LogP contribution in [-0.2, 0) is 14.3 Å². The van der Waals surface area contributed by atoms with Crippen LogP contribution >= 0.6 is 0 Å². The fourth-order valence-corrected chi connectivity index (χ4v) is 3.41. The minimum Gasteiger partial charge on any atom is -0.486 e. The Morgan fingerprint density at radius 2 is 1.77 bits per heavy atom. The van der Waals surface area contributed by atoms with Crippen LogP contribution in [0.5, 0.6) is 11.5 Å². The average molecular weight is 412 g/mol. The summed E-state index contributed by atoms with van der Waals surface area (Å²) in [7, 11) is 1.56. The summed E-state index contributed by atoms with van der Waals surface area (Å²) in [5.74, 6) is -0.110. The van der Waals surface area contributed by atoms with Crippen LogP contribution in [0.2, 0.25) is 0 Å². The Morgan fingerprint density at radius 3 is 2.50 bits per heavy atom. The summed E-state index contributed by atoms with van der Waals surface area (Å²) >= 11 is 0. The Hall–Kier alpha value is -3.39. The first-order valence-corrected chi connectivity index (χ1v) is 9.60. The number of benzene rings is 2. The van der Waals surface area contributed by atoms with Gasteiger partial charge >= 0.3 is 0 Å². The van der Waals surface area contributed by atoms with Crippen molar-refractivity contribution in [2.75, 3.05) is 38.8 Å². The lowest BCUT2D eigenvalue weighted by molar-refractivity contribution is -0.136. The molecule has 0 aromatic heterocycles. The van der Waals surface area contributed by atoms with Gasteiger partial charge in [-0.05, 0) is 36.2 Å². The summed E-state index contributed by atoms with van der Waals surface area (Å²) in [6, 6.07) is 10.7. The molecular formula is C22H21FN2O5. The normalized spacial score (nSPS) is 15.7. The highest BCUT2D eigenvalue weighted by Gasteiger charge is 2.39. The van der Waals surface area contributed by atoms with Crippen molar-refractivity contribution >= 4 is 23.1 Å². The van der Waals surface area contributed by atoms with Crippen molar-refractivity contribution in [3.63, 3.8) is 0 Å². The van der Waals surface area contributed by atoms with Crippen LogP contribution in [0.1, 0.15) is 12.0 Å². The number of halogens is 1. The molecule has 30 heavy (non-hydrogen) atoms. The molecule has 2 aliphatic rings. The van der Waals surface area contributed by atoms with E-state index in [0.29, 0.717) is 49.0 Å². The monoisotopic (exact) mass is 412 g/mol. The molecule has 0 aliphatic carbocycles. The van der Waals surface area contributed by atoms with Gasteiger partial charge < -0.3 is 19.5 Å². The van der Waals surface area contributed by atoms with E-state index in [1.807, 2.05) is 0 Å². The average Bonchev–Trinajstić information content (AvgIpc) is 2.99. The number of hydrogen-bond donors (Lipinski definition) is 1. The van der Waals surface area contributed by atoms with E-state index in [4.69, 9.17) is 14.2 Å². The first-order chi connectivity index (χ1) is 14.6. The van der Waals surface area contributed by atoms with Crippen LogP contribution in [0.15, 0.2) is 48.2 Å². The third-order valence-electron chi connectivity index (χ3n) is 4.84. The van der Waals surface area contributed by atoms with E-state index >= 15 is 0 Å². The van der Waals surface area contributed by atoms with Crippen molar-refractivity contribution in [1.82, 2.24) is 4.90 Å². The zero-order chi connectivity index (χ0) is 21.1. The van der Waals surface area contributed by atoms with Crippen molar-refractivity contribution in [3.05, 3.63) is 59.5 Å². The number of rotatable bonds is 7. The van der Waals surface area contributed by atoms with Gasteiger partial charge in [-0.2, -0.15) is 0 Å². The van der Waals surface area contributed by atoms with Crippen LogP contribution in [0.4, 0.5) is 10.1 Å². The minimum atomic E-state index is -0.440. The summed E-state index contributed by atoms with van der Waals surface area (Å²) < 4.78 is 29.5. The number of nitrogens with one attached hydrogen (secondary N) is 1. The Morgan fingerprint density at radius 1 is 1.03 bits per heavy atom. The third kappa shape index (κ3) is 3.86. The number of imide groups is 1. The Balaban J connectivity index is 1.68. The maximum absolute atomic E-state index is 13.4. The Bertz CT molecular complexity index is 1000. The van der Waals surface area contributed by atoms with Gasteiger partial charge in [0.25, 0.3) is 11.8 Å². The molecule has 0 radical (unpaired) electrons. The quantitative estimate of drug-likeness (QED) is 0.557. The molecule has 2 heterocycles. The SMILES string of the molecule is COCCCN1C(=O)C(Nc2ccc3c(c2)OCCO3)=C(c2ccc(F)cc2)C1=O. The Kier molecular flexibility index (Phi) is 5.67. The molecule has 0 atom stereocenters. The van der Waals surface area contributed by atoms with Crippen molar-refractivity contribution in [2.24, 2.45) is 0 Å². The summed E-state index contributed by atoms with van der Waals surface area (Å²) in [4.78, 5) is 27.3. The fraction of sp³-hybridized carbons (Fsp3) is 0.273. The number of ether oxygens (including phenoxy) is 3. The molecule has 2 aromatic carbocycles. The van der Waals surface area contributed by atoms with Gasteiger partial charge in [-0.3, -0.25) is 14.5 Å². The van der Waals surface area contributed by atoms with E-state index in [9.17, 15) is 14.0 Å². The second-order valence-corrected chi connectivity index (χ2v) is 6.85. The molecule has 2 amide bonds. The molecule has 156 valence electrons. The van der Waals surface area contributed by atoms with Crippen LogP contribution in [-0.4, -0.2) is 50.2 Å². The molecule has 2 aliphatic heterocycles. The summed E-state index contributed by atoms with van der Waals surface area (Å²) in [6.45, 7) is 1.56. The van der Waals surface area contributed by atoms with Crippen molar-refractivity contribution in [1.29, 1.82) is 0 Å². The van der Waals surface area contributed by atoms with E-state index in [2.05, 4.69) is 5.32 Å². The van der Waals surface area contributed by atoms with Gasteiger partial charge in [0.1, 0.15) is 24.7 Å². The molecule has 4 rings (SSSR count). The zero-order valence-electron chi connectivity index (χ0n) is 16.4. The van der Waals surface area contributed by atoms with E-state index in [-0.39, 0.29) is 17.8 Å². The lowest BCUT2D eigenvalue weighted by atomic mass is 10.0. The van der Waals surface area contributed by atoms with Gasteiger partial charge in [0.05, 0.1) is 5.57 Å². The highest BCUT2D eigenvalue weighted by atomic mass is 19.1.